The van der Waals surface area contributed by atoms with Crippen molar-refractivity contribution in [2.24, 2.45) is 5.41 Å². The molecule has 3 N–H and O–H groups in total. The van der Waals surface area contributed by atoms with Gasteiger partial charge in [0.05, 0.1) is 6.42 Å². The van der Waals surface area contributed by atoms with E-state index in [2.05, 4.69) is 10.6 Å². The first-order chi connectivity index (χ1) is 8.42. The number of nitrogens with one attached hydrogen (secondary N) is 2. The van der Waals surface area contributed by atoms with Crippen LogP contribution in [-0.4, -0.2) is 35.1 Å². The number of carbonyl (C=O) groups is 2. The molecule has 0 aromatic carbocycles. The standard InChI is InChI=1S/C14H28N2O3/c1-13(2,3)10(9-12(18)19)16-11(17)7-8-15-14(4,5)6/h10,15H,7-9H2,1-6H3,(H,16,17)(H,18,19). The number of aliphatic carboxylic acids is 1. The van der Waals surface area contributed by atoms with Gasteiger partial charge in [0.25, 0.3) is 0 Å². The predicted octanol–water partition coefficient (Wildman–Crippen LogP) is 1.77. The quantitative estimate of drug-likeness (QED) is 0.688. The molecule has 0 aromatic heterocycles. The van der Waals surface area contributed by atoms with E-state index in [1.807, 2.05) is 41.5 Å². The zero-order chi connectivity index (χ0) is 15.3. The van der Waals surface area contributed by atoms with Crippen molar-refractivity contribution < 1.29 is 14.7 Å². The minimum Gasteiger partial charge on any atom is -0.481 e. The van der Waals surface area contributed by atoms with Gasteiger partial charge in [-0.2, -0.15) is 0 Å². The fourth-order valence-corrected chi connectivity index (χ4v) is 1.57. The molecule has 0 aliphatic rings. The summed E-state index contributed by atoms with van der Waals surface area (Å²) >= 11 is 0. The number of carboxylic acid groups (broad SMARTS) is 1. The van der Waals surface area contributed by atoms with Gasteiger partial charge in [-0.05, 0) is 26.2 Å². The first kappa shape index (κ1) is 17.9. The Morgan fingerprint density at radius 2 is 1.63 bits per heavy atom. The lowest BCUT2D eigenvalue weighted by molar-refractivity contribution is -0.138. The average molecular weight is 272 g/mol. The third kappa shape index (κ3) is 9.47. The molecule has 1 amide bonds. The largest absolute Gasteiger partial charge is 0.481 e. The van der Waals surface area contributed by atoms with Crippen LogP contribution in [0, 0.1) is 5.41 Å². The molecular weight excluding hydrogens is 244 g/mol. The van der Waals surface area contributed by atoms with Gasteiger partial charge >= 0.3 is 5.97 Å². The van der Waals surface area contributed by atoms with Crippen LogP contribution in [0.4, 0.5) is 0 Å². The molecule has 112 valence electrons. The van der Waals surface area contributed by atoms with Crippen LogP contribution in [0.1, 0.15) is 54.4 Å². The van der Waals surface area contributed by atoms with E-state index in [0.29, 0.717) is 13.0 Å². The monoisotopic (exact) mass is 272 g/mol. The Balaban J connectivity index is 4.29. The second-order valence-corrected chi connectivity index (χ2v) is 7.01. The second kappa shape index (κ2) is 6.89. The van der Waals surface area contributed by atoms with E-state index < -0.39 is 5.97 Å². The molecule has 1 unspecified atom stereocenters. The van der Waals surface area contributed by atoms with E-state index >= 15 is 0 Å². The molecule has 0 radical (unpaired) electrons. The molecule has 0 heterocycles. The van der Waals surface area contributed by atoms with Crippen LogP contribution in [0.25, 0.3) is 0 Å². The van der Waals surface area contributed by atoms with E-state index in [9.17, 15) is 9.59 Å². The predicted molar refractivity (Wildman–Crippen MR) is 76.0 cm³/mol. The van der Waals surface area contributed by atoms with Crippen molar-refractivity contribution in [1.29, 1.82) is 0 Å². The highest BCUT2D eigenvalue weighted by Crippen LogP contribution is 2.21. The highest BCUT2D eigenvalue weighted by atomic mass is 16.4. The van der Waals surface area contributed by atoms with Crippen molar-refractivity contribution in [3.05, 3.63) is 0 Å². The summed E-state index contributed by atoms with van der Waals surface area (Å²) in [4.78, 5) is 22.6. The Kier molecular flexibility index (Phi) is 6.49. The molecule has 0 bridgehead atoms. The second-order valence-electron chi connectivity index (χ2n) is 7.01. The molecule has 0 aliphatic carbocycles. The van der Waals surface area contributed by atoms with Gasteiger partial charge < -0.3 is 15.7 Å². The molecule has 0 saturated carbocycles. The summed E-state index contributed by atoms with van der Waals surface area (Å²) in [7, 11) is 0. The van der Waals surface area contributed by atoms with Crippen molar-refractivity contribution in [2.75, 3.05) is 6.54 Å². The zero-order valence-corrected chi connectivity index (χ0v) is 13.0. The number of carboxylic acids is 1. The first-order valence-electron chi connectivity index (χ1n) is 6.68. The normalized spacial score (nSPS) is 14.0. The molecule has 0 fully saturated rings. The molecular formula is C14H28N2O3. The molecule has 0 spiro atoms. The SMILES string of the molecule is CC(C)(C)NCCC(=O)NC(CC(=O)O)C(C)(C)C. The van der Waals surface area contributed by atoms with Crippen molar-refractivity contribution in [3.63, 3.8) is 0 Å². The van der Waals surface area contributed by atoms with Gasteiger partial charge in [0, 0.05) is 24.5 Å². The summed E-state index contributed by atoms with van der Waals surface area (Å²) in [5, 5.41) is 14.9. The van der Waals surface area contributed by atoms with Gasteiger partial charge in [0.1, 0.15) is 0 Å². The summed E-state index contributed by atoms with van der Waals surface area (Å²) < 4.78 is 0. The van der Waals surface area contributed by atoms with Crippen LogP contribution in [0.15, 0.2) is 0 Å². The molecule has 0 aromatic rings. The topological polar surface area (TPSA) is 78.4 Å². The Hall–Kier alpha value is -1.10. The lowest BCUT2D eigenvalue weighted by Crippen LogP contribution is -2.46. The number of hydrogen-bond acceptors (Lipinski definition) is 3. The van der Waals surface area contributed by atoms with Gasteiger partial charge in [0.15, 0.2) is 0 Å². The summed E-state index contributed by atoms with van der Waals surface area (Å²) in [6.45, 7) is 12.5. The van der Waals surface area contributed by atoms with E-state index in [1.54, 1.807) is 0 Å². The van der Waals surface area contributed by atoms with Crippen LogP contribution < -0.4 is 10.6 Å². The van der Waals surface area contributed by atoms with Gasteiger partial charge in [-0.15, -0.1) is 0 Å². The highest BCUT2D eigenvalue weighted by Gasteiger charge is 2.28. The Labute approximate surface area is 116 Å². The minimum absolute atomic E-state index is 0.0230. The summed E-state index contributed by atoms with van der Waals surface area (Å²) in [5.41, 5.74) is -0.295. The number of hydrogen-bond donors (Lipinski definition) is 3. The molecule has 19 heavy (non-hydrogen) atoms. The van der Waals surface area contributed by atoms with Crippen LogP contribution in [0.2, 0.25) is 0 Å². The lowest BCUT2D eigenvalue weighted by atomic mass is 9.84. The molecule has 5 nitrogen and oxygen atoms in total. The van der Waals surface area contributed by atoms with Crippen LogP contribution in [0.5, 0.6) is 0 Å². The lowest BCUT2D eigenvalue weighted by Gasteiger charge is -2.30. The third-order valence-electron chi connectivity index (χ3n) is 2.77. The molecule has 5 heteroatoms. The first-order valence-corrected chi connectivity index (χ1v) is 6.68. The van der Waals surface area contributed by atoms with Gasteiger partial charge in [0.2, 0.25) is 5.91 Å². The van der Waals surface area contributed by atoms with Crippen molar-refractivity contribution in [1.82, 2.24) is 10.6 Å². The average Bonchev–Trinajstić information content (AvgIpc) is 2.12. The smallest absolute Gasteiger partial charge is 0.305 e. The van der Waals surface area contributed by atoms with Crippen molar-refractivity contribution in [2.45, 2.75) is 66.0 Å². The fraction of sp³-hybridized carbons (Fsp3) is 0.857. The van der Waals surface area contributed by atoms with E-state index in [1.165, 1.54) is 0 Å². The molecule has 0 saturated heterocycles. The molecule has 1 atom stereocenters. The number of rotatable bonds is 6. The number of carbonyl (C=O) groups excluding carboxylic acids is 1. The fourth-order valence-electron chi connectivity index (χ4n) is 1.57. The maximum absolute atomic E-state index is 11.8. The van der Waals surface area contributed by atoms with Crippen LogP contribution in [-0.2, 0) is 9.59 Å². The summed E-state index contributed by atoms with van der Waals surface area (Å²) in [6.07, 6.45) is 0.297. The molecule has 0 aliphatic heterocycles. The summed E-state index contributed by atoms with van der Waals surface area (Å²) in [5.74, 6) is -1.01. The van der Waals surface area contributed by atoms with Crippen LogP contribution in [0.3, 0.4) is 0 Å². The Morgan fingerprint density at radius 3 is 2.00 bits per heavy atom. The van der Waals surface area contributed by atoms with Gasteiger partial charge in [-0.25, -0.2) is 0 Å². The minimum atomic E-state index is -0.895. The zero-order valence-electron chi connectivity index (χ0n) is 13.0. The van der Waals surface area contributed by atoms with Crippen molar-refractivity contribution >= 4 is 11.9 Å². The van der Waals surface area contributed by atoms with Gasteiger partial charge in [-0.3, -0.25) is 9.59 Å². The van der Waals surface area contributed by atoms with Gasteiger partial charge in [-0.1, -0.05) is 20.8 Å². The van der Waals surface area contributed by atoms with E-state index in [4.69, 9.17) is 5.11 Å². The van der Waals surface area contributed by atoms with E-state index in [-0.39, 0.29) is 29.3 Å². The Bertz CT molecular complexity index is 314. The third-order valence-corrected chi connectivity index (χ3v) is 2.77. The maximum Gasteiger partial charge on any atom is 0.305 e. The van der Waals surface area contributed by atoms with E-state index in [0.717, 1.165) is 0 Å². The summed E-state index contributed by atoms with van der Waals surface area (Å²) in [6, 6.07) is -0.355. The highest BCUT2D eigenvalue weighted by molar-refractivity contribution is 5.77. The molecule has 0 rings (SSSR count). The van der Waals surface area contributed by atoms with Crippen LogP contribution >= 0.6 is 0 Å². The van der Waals surface area contributed by atoms with Crippen molar-refractivity contribution in [3.8, 4) is 0 Å². The maximum atomic E-state index is 11.8. The number of amides is 1. The Morgan fingerprint density at radius 1 is 1.11 bits per heavy atom.